The van der Waals surface area contributed by atoms with Gasteiger partial charge in [-0.1, -0.05) is 44.2 Å². The maximum atomic E-state index is 12.8. The second-order valence-electron chi connectivity index (χ2n) is 7.27. The Bertz CT molecular complexity index is 835. The molecule has 0 spiro atoms. The van der Waals surface area contributed by atoms with E-state index < -0.39 is 6.10 Å². The predicted octanol–water partition coefficient (Wildman–Crippen LogP) is 4.17. The quantitative estimate of drug-likeness (QED) is 0.818. The summed E-state index contributed by atoms with van der Waals surface area (Å²) in [5.74, 6) is 0.678. The molecule has 0 radical (unpaired) electrons. The van der Waals surface area contributed by atoms with E-state index >= 15 is 0 Å². The maximum absolute atomic E-state index is 12.8. The number of hydrogen-bond acceptors (Lipinski definition) is 3. The van der Waals surface area contributed by atoms with E-state index in [0.717, 1.165) is 23.2 Å². The van der Waals surface area contributed by atoms with Crippen LogP contribution in [0.25, 0.3) is 0 Å². The fourth-order valence-corrected chi connectivity index (χ4v) is 3.38. The molecule has 2 atom stereocenters. The number of hydrogen-bond donors (Lipinski definition) is 1. The topological polar surface area (TPSA) is 58.6 Å². The summed E-state index contributed by atoms with van der Waals surface area (Å²) in [6, 6.07) is 15.4. The molecule has 2 aromatic carbocycles. The first-order valence-corrected chi connectivity index (χ1v) is 9.95. The van der Waals surface area contributed by atoms with Crippen molar-refractivity contribution in [2.45, 2.75) is 58.7 Å². The van der Waals surface area contributed by atoms with Crippen LogP contribution >= 0.6 is 0 Å². The number of rotatable bonds is 6. The molecule has 148 valence electrons. The van der Waals surface area contributed by atoms with Crippen molar-refractivity contribution in [1.82, 2.24) is 4.90 Å². The SMILES string of the molecule is CC[C@@H]1Oc2ccc(NC(=O)Cc3ccccc3)cc2CN([C@@H](C)CC)C1=O. The number of ether oxygens (including phenoxy) is 1. The van der Waals surface area contributed by atoms with E-state index in [4.69, 9.17) is 4.74 Å². The van der Waals surface area contributed by atoms with Gasteiger partial charge >= 0.3 is 0 Å². The largest absolute Gasteiger partial charge is 0.480 e. The van der Waals surface area contributed by atoms with E-state index in [-0.39, 0.29) is 17.9 Å². The highest BCUT2D eigenvalue weighted by atomic mass is 16.5. The molecule has 1 N–H and O–H groups in total. The zero-order valence-electron chi connectivity index (χ0n) is 16.8. The summed E-state index contributed by atoms with van der Waals surface area (Å²) >= 11 is 0. The lowest BCUT2D eigenvalue weighted by molar-refractivity contribution is -0.140. The van der Waals surface area contributed by atoms with Gasteiger partial charge in [0.25, 0.3) is 5.91 Å². The molecule has 0 aromatic heterocycles. The number of nitrogens with one attached hydrogen (secondary N) is 1. The van der Waals surface area contributed by atoms with Crippen LogP contribution < -0.4 is 10.1 Å². The molecule has 1 aliphatic rings. The second-order valence-corrected chi connectivity index (χ2v) is 7.27. The summed E-state index contributed by atoms with van der Waals surface area (Å²) in [7, 11) is 0. The van der Waals surface area contributed by atoms with Crippen molar-refractivity contribution in [2.75, 3.05) is 5.32 Å². The van der Waals surface area contributed by atoms with Gasteiger partial charge in [0.15, 0.2) is 6.10 Å². The van der Waals surface area contributed by atoms with Crippen LogP contribution in [0.2, 0.25) is 0 Å². The monoisotopic (exact) mass is 380 g/mol. The summed E-state index contributed by atoms with van der Waals surface area (Å²) in [6.07, 6.45) is 1.36. The lowest BCUT2D eigenvalue weighted by atomic mass is 10.1. The molecule has 0 unspecified atom stereocenters. The van der Waals surface area contributed by atoms with Gasteiger partial charge in [-0.3, -0.25) is 9.59 Å². The highest BCUT2D eigenvalue weighted by Crippen LogP contribution is 2.30. The zero-order chi connectivity index (χ0) is 20.1. The van der Waals surface area contributed by atoms with Crippen LogP contribution in [-0.2, 0) is 22.6 Å². The number of carbonyl (C=O) groups excluding carboxylic acids is 2. The van der Waals surface area contributed by atoms with E-state index in [1.807, 2.05) is 60.4 Å². The lowest BCUT2D eigenvalue weighted by Crippen LogP contribution is -2.43. The van der Waals surface area contributed by atoms with Crippen LogP contribution in [0, 0.1) is 0 Å². The third-order valence-corrected chi connectivity index (χ3v) is 5.21. The first-order valence-electron chi connectivity index (χ1n) is 9.95. The molecular weight excluding hydrogens is 352 g/mol. The van der Waals surface area contributed by atoms with Gasteiger partial charge in [0, 0.05) is 23.8 Å². The molecule has 0 fully saturated rings. The van der Waals surface area contributed by atoms with Crippen molar-refractivity contribution in [3.8, 4) is 5.75 Å². The number of benzene rings is 2. The minimum Gasteiger partial charge on any atom is -0.480 e. The van der Waals surface area contributed by atoms with Crippen LogP contribution in [0.1, 0.15) is 44.7 Å². The average molecular weight is 380 g/mol. The Kier molecular flexibility index (Phi) is 6.34. The smallest absolute Gasteiger partial charge is 0.264 e. The van der Waals surface area contributed by atoms with Crippen molar-refractivity contribution >= 4 is 17.5 Å². The standard InChI is InChI=1S/C23H28N2O3/c1-4-16(3)25-15-18-14-19(11-12-21(18)28-20(5-2)23(25)27)24-22(26)13-17-9-7-6-8-10-17/h6-12,14,16,20H,4-5,13,15H2,1-3H3,(H,24,26)/t16-,20-/m0/s1. The van der Waals surface area contributed by atoms with Gasteiger partial charge in [-0.15, -0.1) is 0 Å². The maximum Gasteiger partial charge on any atom is 0.264 e. The predicted molar refractivity (Wildman–Crippen MR) is 110 cm³/mol. The molecule has 1 aliphatic heterocycles. The van der Waals surface area contributed by atoms with E-state index in [0.29, 0.717) is 25.1 Å². The molecule has 5 heteroatoms. The molecule has 2 amide bonds. The van der Waals surface area contributed by atoms with Gasteiger partial charge in [-0.05, 0) is 43.5 Å². The molecule has 2 aromatic rings. The first kappa shape index (κ1) is 19.9. The van der Waals surface area contributed by atoms with Gasteiger partial charge in [-0.25, -0.2) is 0 Å². The first-order chi connectivity index (χ1) is 13.5. The summed E-state index contributed by atoms with van der Waals surface area (Å²) in [4.78, 5) is 27.1. The fourth-order valence-electron chi connectivity index (χ4n) is 3.38. The molecule has 28 heavy (non-hydrogen) atoms. The van der Waals surface area contributed by atoms with Crippen LogP contribution in [0.4, 0.5) is 5.69 Å². The Morgan fingerprint density at radius 2 is 1.96 bits per heavy atom. The number of anilines is 1. The van der Waals surface area contributed by atoms with Gasteiger partial charge in [0.2, 0.25) is 5.91 Å². The average Bonchev–Trinajstić information content (AvgIpc) is 2.84. The summed E-state index contributed by atoms with van der Waals surface area (Å²) in [6.45, 7) is 6.58. The number of nitrogens with zero attached hydrogens (tertiary/aromatic N) is 1. The van der Waals surface area contributed by atoms with E-state index in [1.165, 1.54) is 0 Å². The summed E-state index contributed by atoms with van der Waals surface area (Å²) in [5, 5.41) is 2.96. The van der Waals surface area contributed by atoms with Crippen molar-refractivity contribution in [1.29, 1.82) is 0 Å². The van der Waals surface area contributed by atoms with E-state index in [2.05, 4.69) is 19.2 Å². The van der Waals surface area contributed by atoms with Crippen LogP contribution in [-0.4, -0.2) is 28.9 Å². The summed E-state index contributed by atoms with van der Waals surface area (Å²) < 4.78 is 5.99. The zero-order valence-corrected chi connectivity index (χ0v) is 16.8. The van der Waals surface area contributed by atoms with E-state index in [1.54, 1.807) is 0 Å². The molecule has 0 aliphatic carbocycles. The Labute approximate surface area is 166 Å². The summed E-state index contributed by atoms with van der Waals surface area (Å²) in [5.41, 5.74) is 2.61. The molecule has 0 bridgehead atoms. The highest BCUT2D eigenvalue weighted by Gasteiger charge is 2.32. The van der Waals surface area contributed by atoms with Crippen molar-refractivity contribution in [2.24, 2.45) is 0 Å². The van der Waals surface area contributed by atoms with Crippen LogP contribution in [0.3, 0.4) is 0 Å². The Morgan fingerprint density at radius 3 is 2.64 bits per heavy atom. The Balaban J connectivity index is 1.79. The second kappa shape index (κ2) is 8.91. The molecule has 3 rings (SSSR count). The third kappa shape index (κ3) is 4.53. The van der Waals surface area contributed by atoms with Crippen LogP contribution in [0.5, 0.6) is 5.75 Å². The third-order valence-electron chi connectivity index (χ3n) is 5.21. The minimum atomic E-state index is -0.464. The normalized spacial score (nSPS) is 17.3. The van der Waals surface area contributed by atoms with Gasteiger partial charge in [0.1, 0.15) is 5.75 Å². The Morgan fingerprint density at radius 1 is 1.21 bits per heavy atom. The minimum absolute atomic E-state index is 0.0303. The van der Waals surface area contributed by atoms with Gasteiger partial charge in [-0.2, -0.15) is 0 Å². The fraction of sp³-hybridized carbons (Fsp3) is 0.391. The van der Waals surface area contributed by atoms with Gasteiger partial charge in [0.05, 0.1) is 6.42 Å². The lowest BCUT2D eigenvalue weighted by Gasteiger charge is -2.28. The van der Waals surface area contributed by atoms with E-state index in [9.17, 15) is 9.59 Å². The van der Waals surface area contributed by atoms with Crippen molar-refractivity contribution < 1.29 is 14.3 Å². The van der Waals surface area contributed by atoms with Gasteiger partial charge < -0.3 is 15.0 Å². The molecule has 0 saturated heterocycles. The van der Waals surface area contributed by atoms with Crippen molar-refractivity contribution in [3.05, 3.63) is 59.7 Å². The number of carbonyl (C=O) groups is 2. The molecule has 0 saturated carbocycles. The molecular formula is C23H28N2O3. The number of amides is 2. The molecule has 5 nitrogen and oxygen atoms in total. The van der Waals surface area contributed by atoms with Crippen molar-refractivity contribution in [3.63, 3.8) is 0 Å². The Hall–Kier alpha value is -2.82. The molecule has 1 heterocycles. The van der Waals surface area contributed by atoms with Crippen LogP contribution in [0.15, 0.2) is 48.5 Å². The highest BCUT2D eigenvalue weighted by molar-refractivity contribution is 5.92. The number of fused-ring (bicyclic) bond motifs is 1.